The molecule has 0 aliphatic heterocycles. The number of hydrogen-bond donors (Lipinski definition) is 2. The molecule has 1 rings (SSSR count). The summed E-state index contributed by atoms with van der Waals surface area (Å²) < 4.78 is 10.6. The first-order chi connectivity index (χ1) is 9.15. The van der Waals surface area contributed by atoms with Gasteiger partial charge in [0, 0.05) is 6.54 Å². The largest absolute Gasteiger partial charge is 0.497 e. The van der Waals surface area contributed by atoms with Crippen LogP contribution in [0, 0.1) is 0 Å². The van der Waals surface area contributed by atoms with E-state index in [1.165, 1.54) is 0 Å². The molecule has 0 radical (unpaired) electrons. The van der Waals surface area contributed by atoms with Crippen molar-refractivity contribution in [1.82, 2.24) is 10.6 Å². The van der Waals surface area contributed by atoms with E-state index in [2.05, 4.69) is 10.6 Å². The molecule has 0 spiro atoms. The van der Waals surface area contributed by atoms with Gasteiger partial charge in [-0.05, 0) is 37.6 Å². The number of methoxy groups -OCH3 is 1. The van der Waals surface area contributed by atoms with Crippen LogP contribution < -0.4 is 20.1 Å². The minimum atomic E-state index is -0.160. The standard InChI is InChI=1S/C14H22N2O3/c1-4-9-15-14(17)16-11(2)10-19-13-7-5-12(18-3)6-8-13/h5-8,11H,4,9-10H2,1-3H3,(H2,15,16,17). The Balaban J connectivity index is 2.28. The molecule has 0 saturated carbocycles. The molecule has 0 aliphatic carbocycles. The molecule has 0 heterocycles. The fourth-order valence-corrected chi connectivity index (χ4v) is 1.45. The minimum absolute atomic E-state index is 0.0565. The number of ether oxygens (including phenoxy) is 2. The van der Waals surface area contributed by atoms with E-state index in [9.17, 15) is 4.79 Å². The number of amides is 2. The summed E-state index contributed by atoms with van der Waals surface area (Å²) in [6.45, 7) is 5.01. The quantitative estimate of drug-likeness (QED) is 0.795. The second-order valence-corrected chi connectivity index (χ2v) is 4.29. The summed E-state index contributed by atoms with van der Waals surface area (Å²) in [7, 11) is 1.62. The van der Waals surface area contributed by atoms with Crippen molar-refractivity contribution in [3.05, 3.63) is 24.3 Å². The van der Waals surface area contributed by atoms with Crippen LogP contribution in [-0.2, 0) is 0 Å². The van der Waals surface area contributed by atoms with Crippen molar-refractivity contribution >= 4 is 6.03 Å². The Morgan fingerprint density at radius 1 is 1.26 bits per heavy atom. The van der Waals surface area contributed by atoms with E-state index in [0.717, 1.165) is 17.9 Å². The van der Waals surface area contributed by atoms with Crippen LogP contribution in [0.15, 0.2) is 24.3 Å². The maximum atomic E-state index is 11.4. The first-order valence-electron chi connectivity index (χ1n) is 6.47. The molecule has 0 saturated heterocycles. The van der Waals surface area contributed by atoms with Crippen molar-refractivity contribution < 1.29 is 14.3 Å². The SMILES string of the molecule is CCCNC(=O)NC(C)COc1ccc(OC)cc1. The molecule has 5 heteroatoms. The van der Waals surface area contributed by atoms with Crippen LogP contribution in [0.2, 0.25) is 0 Å². The Morgan fingerprint density at radius 3 is 2.47 bits per heavy atom. The molecular formula is C14H22N2O3. The lowest BCUT2D eigenvalue weighted by molar-refractivity contribution is 0.226. The number of nitrogens with one attached hydrogen (secondary N) is 2. The van der Waals surface area contributed by atoms with E-state index in [1.807, 2.05) is 38.1 Å². The van der Waals surface area contributed by atoms with Gasteiger partial charge in [-0.15, -0.1) is 0 Å². The highest BCUT2D eigenvalue weighted by Crippen LogP contribution is 2.16. The average Bonchev–Trinajstić information content (AvgIpc) is 2.43. The Kier molecular flexibility index (Phi) is 6.57. The van der Waals surface area contributed by atoms with Crippen LogP contribution in [0.25, 0.3) is 0 Å². The molecule has 1 aromatic carbocycles. The maximum absolute atomic E-state index is 11.4. The fourth-order valence-electron chi connectivity index (χ4n) is 1.45. The Labute approximate surface area is 114 Å². The molecular weight excluding hydrogens is 244 g/mol. The third kappa shape index (κ3) is 5.99. The van der Waals surface area contributed by atoms with Crippen molar-refractivity contribution in [2.45, 2.75) is 26.3 Å². The number of carbonyl (C=O) groups is 1. The van der Waals surface area contributed by atoms with Gasteiger partial charge in [0.15, 0.2) is 0 Å². The van der Waals surface area contributed by atoms with Crippen molar-refractivity contribution in [2.75, 3.05) is 20.3 Å². The predicted molar refractivity (Wildman–Crippen MR) is 74.8 cm³/mol. The summed E-state index contributed by atoms with van der Waals surface area (Å²) in [5.41, 5.74) is 0. The molecule has 106 valence electrons. The van der Waals surface area contributed by atoms with Gasteiger partial charge in [-0.2, -0.15) is 0 Å². The lowest BCUT2D eigenvalue weighted by Gasteiger charge is -2.15. The van der Waals surface area contributed by atoms with Gasteiger partial charge in [-0.3, -0.25) is 0 Å². The van der Waals surface area contributed by atoms with Crippen molar-refractivity contribution in [3.8, 4) is 11.5 Å². The lowest BCUT2D eigenvalue weighted by atomic mass is 10.3. The van der Waals surface area contributed by atoms with E-state index in [4.69, 9.17) is 9.47 Å². The third-order valence-corrected chi connectivity index (χ3v) is 2.47. The second kappa shape index (κ2) is 8.24. The van der Waals surface area contributed by atoms with Gasteiger partial charge in [-0.1, -0.05) is 6.92 Å². The molecule has 2 N–H and O–H groups in total. The first-order valence-corrected chi connectivity index (χ1v) is 6.47. The molecule has 19 heavy (non-hydrogen) atoms. The number of hydrogen-bond acceptors (Lipinski definition) is 3. The van der Waals surface area contributed by atoms with E-state index >= 15 is 0 Å². The molecule has 0 fully saturated rings. The van der Waals surface area contributed by atoms with Crippen LogP contribution >= 0.6 is 0 Å². The summed E-state index contributed by atoms with van der Waals surface area (Å²) >= 11 is 0. The van der Waals surface area contributed by atoms with Gasteiger partial charge in [0.25, 0.3) is 0 Å². The molecule has 0 aromatic heterocycles. The van der Waals surface area contributed by atoms with Crippen molar-refractivity contribution in [2.24, 2.45) is 0 Å². The topological polar surface area (TPSA) is 59.6 Å². The lowest BCUT2D eigenvalue weighted by Crippen LogP contribution is -2.43. The number of rotatable bonds is 7. The van der Waals surface area contributed by atoms with Crippen molar-refractivity contribution in [1.29, 1.82) is 0 Å². The summed E-state index contributed by atoms with van der Waals surface area (Å²) in [5, 5.41) is 5.56. The Bertz CT molecular complexity index is 379. The molecule has 5 nitrogen and oxygen atoms in total. The van der Waals surface area contributed by atoms with Crippen LogP contribution in [0.5, 0.6) is 11.5 Å². The predicted octanol–water partition coefficient (Wildman–Crippen LogP) is 2.17. The average molecular weight is 266 g/mol. The second-order valence-electron chi connectivity index (χ2n) is 4.29. The highest BCUT2D eigenvalue weighted by molar-refractivity contribution is 5.74. The highest BCUT2D eigenvalue weighted by Gasteiger charge is 2.07. The maximum Gasteiger partial charge on any atom is 0.315 e. The molecule has 0 bridgehead atoms. The fraction of sp³-hybridized carbons (Fsp3) is 0.500. The smallest absolute Gasteiger partial charge is 0.315 e. The van der Waals surface area contributed by atoms with E-state index in [-0.39, 0.29) is 12.1 Å². The molecule has 0 aliphatic rings. The Hall–Kier alpha value is -1.91. The highest BCUT2D eigenvalue weighted by atomic mass is 16.5. The molecule has 1 unspecified atom stereocenters. The van der Waals surface area contributed by atoms with Gasteiger partial charge in [0.1, 0.15) is 18.1 Å². The zero-order chi connectivity index (χ0) is 14.1. The summed E-state index contributed by atoms with van der Waals surface area (Å²) in [6.07, 6.45) is 0.921. The summed E-state index contributed by atoms with van der Waals surface area (Å²) in [6, 6.07) is 7.13. The zero-order valence-electron chi connectivity index (χ0n) is 11.7. The molecule has 2 amide bonds. The number of urea groups is 1. The van der Waals surface area contributed by atoms with E-state index < -0.39 is 0 Å². The van der Waals surface area contributed by atoms with Gasteiger partial charge in [0.2, 0.25) is 0 Å². The van der Waals surface area contributed by atoms with Crippen LogP contribution in [-0.4, -0.2) is 32.3 Å². The van der Waals surface area contributed by atoms with Crippen LogP contribution in [0.1, 0.15) is 20.3 Å². The zero-order valence-corrected chi connectivity index (χ0v) is 11.7. The van der Waals surface area contributed by atoms with Gasteiger partial charge in [0.05, 0.1) is 13.2 Å². The van der Waals surface area contributed by atoms with Gasteiger partial charge in [-0.25, -0.2) is 4.79 Å². The van der Waals surface area contributed by atoms with E-state index in [1.54, 1.807) is 7.11 Å². The normalized spacial score (nSPS) is 11.5. The minimum Gasteiger partial charge on any atom is -0.497 e. The van der Waals surface area contributed by atoms with Gasteiger partial charge < -0.3 is 20.1 Å². The monoisotopic (exact) mass is 266 g/mol. The Morgan fingerprint density at radius 2 is 1.89 bits per heavy atom. The van der Waals surface area contributed by atoms with Crippen LogP contribution in [0.4, 0.5) is 4.79 Å². The third-order valence-electron chi connectivity index (χ3n) is 2.47. The van der Waals surface area contributed by atoms with Crippen LogP contribution in [0.3, 0.4) is 0 Å². The summed E-state index contributed by atoms with van der Waals surface area (Å²) in [4.78, 5) is 11.4. The molecule has 1 atom stereocenters. The number of carbonyl (C=O) groups excluding carboxylic acids is 1. The first kappa shape index (κ1) is 15.1. The molecule has 1 aromatic rings. The summed E-state index contributed by atoms with van der Waals surface area (Å²) in [5.74, 6) is 1.54. The van der Waals surface area contributed by atoms with E-state index in [0.29, 0.717) is 13.2 Å². The number of benzene rings is 1. The van der Waals surface area contributed by atoms with Crippen molar-refractivity contribution in [3.63, 3.8) is 0 Å². The van der Waals surface area contributed by atoms with Gasteiger partial charge >= 0.3 is 6.03 Å².